The second kappa shape index (κ2) is 5.68. The Morgan fingerprint density at radius 1 is 1.35 bits per heavy atom. The van der Waals surface area contributed by atoms with E-state index in [2.05, 4.69) is 10.3 Å². The van der Waals surface area contributed by atoms with Gasteiger partial charge in [-0.05, 0) is 18.1 Å². The van der Waals surface area contributed by atoms with E-state index in [-0.39, 0.29) is 25.3 Å². The van der Waals surface area contributed by atoms with E-state index < -0.39 is 42.1 Å². The first-order chi connectivity index (χ1) is 10.8. The molecule has 8 heteroatoms. The highest BCUT2D eigenvalue weighted by Crippen LogP contribution is 2.47. The minimum absolute atomic E-state index is 0.132. The molecule has 2 N–H and O–H groups in total. The summed E-state index contributed by atoms with van der Waals surface area (Å²) in [4.78, 5) is 3.98. The number of hydrogen-bond donors (Lipinski definition) is 2. The van der Waals surface area contributed by atoms with Crippen molar-refractivity contribution in [1.29, 1.82) is 0 Å². The summed E-state index contributed by atoms with van der Waals surface area (Å²) in [5, 5.41) is 13.5. The zero-order chi connectivity index (χ0) is 16.8. The van der Waals surface area contributed by atoms with Gasteiger partial charge in [-0.2, -0.15) is 0 Å². The molecule has 0 bridgehead atoms. The first-order valence-corrected chi connectivity index (χ1v) is 7.46. The van der Waals surface area contributed by atoms with Gasteiger partial charge >= 0.3 is 0 Å². The Balaban J connectivity index is 2.19. The molecule has 2 aliphatic heterocycles. The standard InChI is InChI=1S/C15H18F4N2O2/c1-2-14(5-10(16)17)11-8(3-4-9(20-11)12(18)19)15(6-23-7-15)21-13(14)22/h3-4,10,12-13,21-22H,2,5-7H2,1H3. The molecule has 1 fully saturated rings. The summed E-state index contributed by atoms with van der Waals surface area (Å²) >= 11 is 0. The summed E-state index contributed by atoms with van der Waals surface area (Å²) in [6.07, 6.45) is -7.31. The molecule has 0 aliphatic carbocycles. The van der Waals surface area contributed by atoms with Gasteiger partial charge in [0.25, 0.3) is 6.43 Å². The first-order valence-electron chi connectivity index (χ1n) is 7.46. The van der Waals surface area contributed by atoms with Gasteiger partial charge in [0.15, 0.2) is 0 Å². The predicted molar refractivity (Wildman–Crippen MR) is 73.4 cm³/mol. The third-order valence-corrected chi connectivity index (χ3v) is 4.91. The minimum atomic E-state index is -2.80. The van der Waals surface area contributed by atoms with E-state index in [4.69, 9.17) is 4.74 Å². The average Bonchev–Trinajstić information content (AvgIpc) is 2.47. The highest BCUT2D eigenvalue weighted by Gasteiger charge is 2.56. The summed E-state index contributed by atoms with van der Waals surface area (Å²) in [7, 11) is 0. The molecule has 1 aromatic heterocycles. The molecule has 2 unspecified atom stereocenters. The number of fused-ring (bicyclic) bond motifs is 2. The quantitative estimate of drug-likeness (QED) is 0.831. The molecule has 2 aliphatic rings. The van der Waals surface area contributed by atoms with Crippen LogP contribution < -0.4 is 5.32 Å². The van der Waals surface area contributed by atoms with Crippen molar-refractivity contribution in [2.75, 3.05) is 13.2 Å². The van der Waals surface area contributed by atoms with Gasteiger partial charge in [0.05, 0.1) is 29.9 Å². The molecule has 0 aromatic carbocycles. The lowest BCUT2D eigenvalue weighted by molar-refractivity contribution is -0.132. The number of hydrogen-bond acceptors (Lipinski definition) is 4. The molecular formula is C15H18F4N2O2. The fourth-order valence-electron chi connectivity index (χ4n) is 3.50. The van der Waals surface area contributed by atoms with Crippen molar-refractivity contribution in [3.8, 4) is 0 Å². The van der Waals surface area contributed by atoms with Crippen LogP contribution in [0.25, 0.3) is 0 Å². The van der Waals surface area contributed by atoms with Crippen LogP contribution in [-0.4, -0.2) is 36.0 Å². The third-order valence-electron chi connectivity index (χ3n) is 4.91. The van der Waals surface area contributed by atoms with Crippen LogP contribution in [0.15, 0.2) is 12.1 Å². The van der Waals surface area contributed by atoms with E-state index in [0.717, 1.165) is 0 Å². The maximum atomic E-state index is 13.1. The lowest BCUT2D eigenvalue weighted by Crippen LogP contribution is -2.69. The van der Waals surface area contributed by atoms with Gasteiger partial charge < -0.3 is 9.84 Å². The van der Waals surface area contributed by atoms with Crippen molar-refractivity contribution in [1.82, 2.24) is 10.3 Å². The van der Waals surface area contributed by atoms with E-state index in [0.29, 0.717) is 5.56 Å². The molecule has 0 radical (unpaired) electrons. The Labute approximate surface area is 130 Å². The zero-order valence-electron chi connectivity index (χ0n) is 12.5. The molecule has 128 valence electrons. The van der Waals surface area contributed by atoms with E-state index in [1.807, 2.05) is 0 Å². The number of nitrogens with one attached hydrogen (secondary N) is 1. The number of ether oxygens (including phenoxy) is 1. The van der Waals surface area contributed by atoms with Crippen molar-refractivity contribution in [2.45, 2.75) is 49.8 Å². The largest absolute Gasteiger partial charge is 0.378 e. The predicted octanol–water partition coefficient (Wildman–Crippen LogP) is 2.47. The van der Waals surface area contributed by atoms with Crippen LogP contribution in [-0.2, 0) is 15.7 Å². The smallest absolute Gasteiger partial charge is 0.280 e. The lowest BCUT2D eigenvalue weighted by Gasteiger charge is -2.54. The van der Waals surface area contributed by atoms with Crippen LogP contribution in [0, 0.1) is 0 Å². The Hall–Kier alpha value is -1.25. The van der Waals surface area contributed by atoms with Gasteiger partial charge in [-0.3, -0.25) is 10.3 Å². The topological polar surface area (TPSA) is 54.4 Å². The van der Waals surface area contributed by atoms with Crippen LogP contribution >= 0.6 is 0 Å². The van der Waals surface area contributed by atoms with E-state index in [9.17, 15) is 22.7 Å². The highest BCUT2D eigenvalue weighted by molar-refractivity contribution is 5.42. The normalized spacial score (nSPS) is 29.0. The van der Waals surface area contributed by atoms with Crippen LogP contribution in [0.5, 0.6) is 0 Å². The van der Waals surface area contributed by atoms with Crippen LogP contribution in [0.3, 0.4) is 0 Å². The van der Waals surface area contributed by atoms with Crippen molar-refractivity contribution in [2.24, 2.45) is 0 Å². The Morgan fingerprint density at radius 2 is 2.04 bits per heavy atom. The van der Waals surface area contributed by atoms with E-state index >= 15 is 0 Å². The van der Waals surface area contributed by atoms with Crippen molar-refractivity contribution >= 4 is 0 Å². The molecule has 1 saturated heterocycles. The minimum Gasteiger partial charge on any atom is -0.378 e. The summed E-state index contributed by atoms with van der Waals surface area (Å²) in [5.74, 6) is 0. The number of alkyl halides is 4. The van der Waals surface area contributed by atoms with Gasteiger partial charge in [0, 0.05) is 6.42 Å². The number of pyridine rings is 1. The van der Waals surface area contributed by atoms with Crippen LogP contribution in [0.1, 0.15) is 43.1 Å². The number of aromatic nitrogens is 1. The fraction of sp³-hybridized carbons (Fsp3) is 0.667. The lowest BCUT2D eigenvalue weighted by atomic mass is 9.67. The van der Waals surface area contributed by atoms with E-state index in [1.165, 1.54) is 12.1 Å². The SMILES string of the molecule is CCC1(CC(F)F)c2nc(C(F)F)ccc2C2(COC2)NC1O. The first kappa shape index (κ1) is 16.6. The average molecular weight is 334 g/mol. The molecular weight excluding hydrogens is 316 g/mol. The number of aliphatic hydroxyl groups excluding tert-OH is 1. The fourth-order valence-corrected chi connectivity index (χ4v) is 3.50. The number of rotatable bonds is 4. The Morgan fingerprint density at radius 3 is 2.52 bits per heavy atom. The molecule has 0 amide bonds. The van der Waals surface area contributed by atoms with Gasteiger partial charge in [0.2, 0.25) is 6.43 Å². The second-order valence-electron chi connectivity index (χ2n) is 6.16. The molecule has 0 saturated carbocycles. The van der Waals surface area contributed by atoms with Gasteiger partial charge in [-0.1, -0.05) is 13.0 Å². The second-order valence-corrected chi connectivity index (χ2v) is 6.16. The van der Waals surface area contributed by atoms with E-state index in [1.54, 1.807) is 6.92 Å². The molecule has 1 aromatic rings. The summed E-state index contributed by atoms with van der Waals surface area (Å²) < 4.78 is 57.5. The monoisotopic (exact) mass is 334 g/mol. The number of nitrogens with zero attached hydrogens (tertiary/aromatic N) is 1. The molecule has 2 atom stereocenters. The summed E-state index contributed by atoms with van der Waals surface area (Å²) in [6.45, 7) is 2.12. The highest BCUT2D eigenvalue weighted by atomic mass is 19.3. The van der Waals surface area contributed by atoms with Crippen LogP contribution in [0.2, 0.25) is 0 Å². The van der Waals surface area contributed by atoms with Crippen molar-refractivity contribution in [3.05, 3.63) is 29.1 Å². The van der Waals surface area contributed by atoms with Gasteiger partial charge in [-0.15, -0.1) is 0 Å². The summed E-state index contributed by atoms with van der Waals surface area (Å²) in [5.41, 5.74) is -1.94. The Bertz CT molecular complexity index is 595. The van der Waals surface area contributed by atoms with Crippen molar-refractivity contribution in [3.63, 3.8) is 0 Å². The summed E-state index contributed by atoms with van der Waals surface area (Å²) in [6, 6.07) is 2.69. The zero-order valence-corrected chi connectivity index (χ0v) is 12.5. The number of aliphatic hydroxyl groups is 1. The van der Waals surface area contributed by atoms with Crippen molar-refractivity contribution < 1.29 is 27.4 Å². The maximum absolute atomic E-state index is 13.1. The Kier molecular flexibility index (Phi) is 4.10. The molecule has 3 heterocycles. The third kappa shape index (κ3) is 2.43. The molecule has 4 nitrogen and oxygen atoms in total. The maximum Gasteiger partial charge on any atom is 0.280 e. The molecule has 23 heavy (non-hydrogen) atoms. The molecule has 1 spiro atoms. The van der Waals surface area contributed by atoms with Crippen LogP contribution in [0.4, 0.5) is 17.6 Å². The molecule has 3 rings (SSSR count). The van der Waals surface area contributed by atoms with Gasteiger partial charge in [-0.25, -0.2) is 17.6 Å². The van der Waals surface area contributed by atoms with Gasteiger partial charge in [0.1, 0.15) is 11.9 Å². The number of halogens is 4.